The van der Waals surface area contributed by atoms with E-state index >= 15 is 0 Å². The van der Waals surface area contributed by atoms with E-state index in [0.717, 1.165) is 69.5 Å². The molecule has 6 nitrogen and oxygen atoms in total. The second-order valence-electron chi connectivity index (χ2n) is 11.6. The highest BCUT2D eigenvalue weighted by atomic mass is 35.5. The Labute approximate surface area is 228 Å². The number of benzene rings is 1. The van der Waals surface area contributed by atoms with Crippen molar-refractivity contribution in [3.8, 4) is 0 Å². The zero-order valence-electron chi connectivity index (χ0n) is 21.7. The molecule has 3 atom stereocenters. The summed E-state index contributed by atoms with van der Waals surface area (Å²) in [5.74, 6) is 0.412. The lowest BCUT2D eigenvalue weighted by Crippen LogP contribution is -2.43. The maximum Gasteiger partial charge on any atom is 0.320 e. The number of aliphatic carboxylic acids is 1. The summed E-state index contributed by atoms with van der Waals surface area (Å²) < 4.78 is 16.3. The van der Waals surface area contributed by atoms with Crippen LogP contribution in [0.2, 0.25) is 5.02 Å². The first kappa shape index (κ1) is 25.8. The van der Waals surface area contributed by atoms with E-state index in [1.807, 2.05) is 30.6 Å². The van der Waals surface area contributed by atoms with Gasteiger partial charge in [0.25, 0.3) is 0 Å². The number of nitrogens with zero attached hydrogens (tertiary/aromatic N) is 4. The summed E-state index contributed by atoms with van der Waals surface area (Å²) in [6.07, 6.45) is 10.2. The van der Waals surface area contributed by atoms with Gasteiger partial charge < -0.3 is 14.4 Å². The van der Waals surface area contributed by atoms with E-state index in [1.54, 1.807) is 12.1 Å². The van der Waals surface area contributed by atoms with Crippen LogP contribution in [-0.2, 0) is 4.79 Å². The Balaban J connectivity index is 1.15. The van der Waals surface area contributed by atoms with Crippen molar-refractivity contribution < 1.29 is 14.3 Å². The Morgan fingerprint density at radius 2 is 1.95 bits per heavy atom. The van der Waals surface area contributed by atoms with Crippen LogP contribution in [0.4, 0.5) is 4.39 Å². The number of hydrogen-bond acceptors (Lipinski definition) is 4. The molecule has 2 aliphatic heterocycles. The summed E-state index contributed by atoms with van der Waals surface area (Å²) >= 11 is 6.25. The summed E-state index contributed by atoms with van der Waals surface area (Å²) in [5, 5.41) is 10.8. The van der Waals surface area contributed by atoms with Crippen molar-refractivity contribution in [1.29, 1.82) is 0 Å². The number of carboxylic acids is 1. The van der Waals surface area contributed by atoms with Crippen molar-refractivity contribution >= 4 is 23.2 Å². The summed E-state index contributed by atoms with van der Waals surface area (Å²) in [6.45, 7) is 4.29. The Kier molecular flexibility index (Phi) is 7.43. The zero-order chi connectivity index (χ0) is 26.2. The fourth-order valence-corrected chi connectivity index (χ4v) is 7.09. The van der Waals surface area contributed by atoms with Gasteiger partial charge in [-0.15, -0.1) is 0 Å². The molecule has 0 amide bonds. The van der Waals surface area contributed by atoms with Gasteiger partial charge in [0.2, 0.25) is 0 Å². The standard InChI is InChI=1S/C30H36ClFN4O2/c31-24-7-8-29-33-15-28(36(29)18-24)21-9-11-34(12-10-21)16-23-17-35(27(30(37)38)13-20-3-1-4-20)19-26(23)22-5-2-6-25(32)14-22/h2,5-8,14-15,18,20-21,23,26-27H,1,3-4,9-13,16-17,19H2,(H,37,38)/t23-,26+,27+/m0/s1. The quantitative estimate of drug-likeness (QED) is 0.401. The van der Waals surface area contributed by atoms with Crippen molar-refractivity contribution in [2.45, 2.75) is 56.4 Å². The fraction of sp³-hybridized carbons (Fsp3) is 0.533. The van der Waals surface area contributed by atoms with Crippen LogP contribution in [0.15, 0.2) is 48.8 Å². The normalized spacial score (nSPS) is 24.6. The number of fused-ring (bicyclic) bond motifs is 1. The first-order chi connectivity index (χ1) is 18.4. The molecular formula is C30H36ClFN4O2. The number of pyridine rings is 1. The van der Waals surface area contributed by atoms with E-state index in [4.69, 9.17) is 11.6 Å². The van der Waals surface area contributed by atoms with Crippen LogP contribution in [0.25, 0.3) is 5.65 Å². The van der Waals surface area contributed by atoms with Crippen LogP contribution in [0.3, 0.4) is 0 Å². The van der Waals surface area contributed by atoms with Crippen LogP contribution in [0.5, 0.6) is 0 Å². The molecule has 1 N–H and O–H groups in total. The minimum Gasteiger partial charge on any atom is -0.480 e. The van der Waals surface area contributed by atoms with Crippen LogP contribution < -0.4 is 0 Å². The number of hydrogen-bond donors (Lipinski definition) is 1. The van der Waals surface area contributed by atoms with Gasteiger partial charge in [-0.25, -0.2) is 9.37 Å². The molecule has 0 spiro atoms. The van der Waals surface area contributed by atoms with E-state index in [9.17, 15) is 14.3 Å². The molecular weight excluding hydrogens is 503 g/mol. The highest BCUT2D eigenvalue weighted by Gasteiger charge is 2.41. The molecule has 3 aliphatic rings. The third kappa shape index (κ3) is 5.33. The van der Waals surface area contributed by atoms with Gasteiger partial charge in [-0.1, -0.05) is 43.0 Å². The molecule has 0 bridgehead atoms. The predicted molar refractivity (Wildman–Crippen MR) is 146 cm³/mol. The van der Waals surface area contributed by atoms with Gasteiger partial charge in [0.1, 0.15) is 17.5 Å². The molecule has 8 heteroatoms. The lowest BCUT2D eigenvalue weighted by atomic mass is 9.80. The number of rotatable bonds is 8. The lowest BCUT2D eigenvalue weighted by Gasteiger charge is -2.35. The number of likely N-dealkylation sites (tertiary alicyclic amines) is 2. The SMILES string of the molecule is O=C(O)[C@@H](CC1CCC1)N1C[C@H](CN2CCC(c3cnc4ccc(Cl)cn34)CC2)[C@@H](c2cccc(F)c2)C1. The average Bonchev–Trinajstić information content (AvgIpc) is 3.48. The third-order valence-electron chi connectivity index (χ3n) is 9.25. The Morgan fingerprint density at radius 3 is 2.66 bits per heavy atom. The van der Waals surface area contributed by atoms with Gasteiger partial charge in [0.05, 0.1) is 5.02 Å². The lowest BCUT2D eigenvalue weighted by molar-refractivity contribution is -0.144. The molecule has 3 aromatic rings. The fourth-order valence-electron chi connectivity index (χ4n) is 6.93. The number of piperidine rings is 1. The molecule has 0 unspecified atom stereocenters. The Hall–Kier alpha value is -2.48. The minimum absolute atomic E-state index is 0.132. The molecule has 6 rings (SSSR count). The molecule has 202 valence electrons. The number of carbonyl (C=O) groups is 1. The second kappa shape index (κ2) is 10.9. The van der Waals surface area contributed by atoms with Gasteiger partial charge >= 0.3 is 5.97 Å². The van der Waals surface area contributed by atoms with E-state index in [2.05, 4.69) is 19.2 Å². The molecule has 2 saturated heterocycles. The molecule has 1 aliphatic carbocycles. The maximum absolute atomic E-state index is 14.2. The number of carboxylic acid groups (broad SMARTS) is 1. The van der Waals surface area contributed by atoms with Crippen molar-refractivity contribution in [1.82, 2.24) is 19.2 Å². The van der Waals surface area contributed by atoms with Crippen molar-refractivity contribution in [3.05, 3.63) is 70.9 Å². The monoisotopic (exact) mass is 538 g/mol. The first-order valence-electron chi connectivity index (χ1n) is 14.0. The zero-order valence-corrected chi connectivity index (χ0v) is 22.4. The Bertz CT molecular complexity index is 1290. The minimum atomic E-state index is -0.718. The maximum atomic E-state index is 14.2. The van der Waals surface area contributed by atoms with Crippen LogP contribution in [0, 0.1) is 17.7 Å². The summed E-state index contributed by atoms with van der Waals surface area (Å²) in [5.41, 5.74) is 3.13. The average molecular weight is 539 g/mol. The van der Waals surface area contributed by atoms with Crippen molar-refractivity contribution in [3.63, 3.8) is 0 Å². The van der Waals surface area contributed by atoms with Gasteiger partial charge in [0, 0.05) is 49.6 Å². The van der Waals surface area contributed by atoms with Crippen LogP contribution in [0.1, 0.15) is 61.6 Å². The molecule has 0 radical (unpaired) electrons. The molecule has 2 aromatic heterocycles. The summed E-state index contributed by atoms with van der Waals surface area (Å²) in [4.78, 5) is 21.6. The van der Waals surface area contributed by atoms with E-state index in [0.29, 0.717) is 23.4 Å². The second-order valence-corrected chi connectivity index (χ2v) is 12.0. The summed E-state index contributed by atoms with van der Waals surface area (Å²) in [6, 6.07) is 10.3. The van der Waals surface area contributed by atoms with Gasteiger partial charge in [-0.2, -0.15) is 0 Å². The molecule has 4 heterocycles. The van der Waals surface area contributed by atoms with E-state index < -0.39 is 12.0 Å². The highest BCUT2D eigenvalue weighted by Crippen LogP contribution is 2.39. The van der Waals surface area contributed by atoms with Gasteiger partial charge in [-0.05, 0) is 74.0 Å². The van der Waals surface area contributed by atoms with E-state index in [-0.39, 0.29) is 17.7 Å². The molecule has 1 saturated carbocycles. The van der Waals surface area contributed by atoms with E-state index in [1.165, 1.54) is 18.2 Å². The first-order valence-corrected chi connectivity index (χ1v) is 14.4. The van der Waals surface area contributed by atoms with Gasteiger partial charge in [-0.3, -0.25) is 9.69 Å². The van der Waals surface area contributed by atoms with Crippen LogP contribution in [-0.4, -0.2) is 69.0 Å². The molecule has 3 fully saturated rings. The molecule has 1 aromatic carbocycles. The topological polar surface area (TPSA) is 61.1 Å². The molecule has 38 heavy (non-hydrogen) atoms. The predicted octanol–water partition coefficient (Wildman–Crippen LogP) is 5.67. The number of halogens is 2. The Morgan fingerprint density at radius 1 is 1.13 bits per heavy atom. The smallest absolute Gasteiger partial charge is 0.320 e. The highest BCUT2D eigenvalue weighted by molar-refractivity contribution is 6.30. The number of imidazole rings is 1. The number of aromatic nitrogens is 2. The van der Waals surface area contributed by atoms with Gasteiger partial charge in [0.15, 0.2) is 0 Å². The van der Waals surface area contributed by atoms with Crippen molar-refractivity contribution in [2.75, 3.05) is 32.7 Å². The van der Waals surface area contributed by atoms with Crippen LogP contribution >= 0.6 is 11.6 Å². The summed E-state index contributed by atoms with van der Waals surface area (Å²) in [7, 11) is 0. The third-order valence-corrected chi connectivity index (χ3v) is 9.47. The van der Waals surface area contributed by atoms with Crippen molar-refractivity contribution in [2.24, 2.45) is 11.8 Å². The largest absolute Gasteiger partial charge is 0.480 e.